The van der Waals surface area contributed by atoms with E-state index in [4.69, 9.17) is 9.47 Å². The fraction of sp³-hybridized carbons (Fsp3) is 0.273. The number of fused-ring (bicyclic) bond motifs is 1. The Morgan fingerprint density at radius 1 is 0.788 bits per heavy atom. The highest BCUT2D eigenvalue weighted by Crippen LogP contribution is 2.48. The number of anilines is 1. The Balaban J connectivity index is 3.17. The van der Waals surface area contributed by atoms with Crippen LogP contribution < -0.4 is 4.90 Å². The van der Waals surface area contributed by atoms with Crippen molar-refractivity contribution in [3.63, 3.8) is 0 Å². The summed E-state index contributed by atoms with van der Waals surface area (Å²) in [6, 6.07) is 5.77. The number of carbonyl (C=O) groups excluding carboxylic acids is 6. The number of hydrogen-bond acceptors (Lipinski definition) is 10. The van der Waals surface area contributed by atoms with Crippen molar-refractivity contribution >= 4 is 41.3 Å². The number of benzene rings is 1. The van der Waals surface area contributed by atoms with Gasteiger partial charge >= 0.3 is 23.9 Å². The molecule has 0 aromatic heterocycles. The molecule has 0 saturated carbocycles. The molecule has 1 heterocycles. The minimum atomic E-state index is -2.64. The molecule has 0 unspecified atom stereocenters. The van der Waals surface area contributed by atoms with E-state index in [1.54, 1.807) is 0 Å². The van der Waals surface area contributed by atoms with E-state index in [9.17, 15) is 28.8 Å². The fourth-order valence-electron chi connectivity index (χ4n) is 3.57. The third-order valence-electron chi connectivity index (χ3n) is 4.89. The lowest BCUT2D eigenvalue weighted by molar-refractivity contribution is -0.140. The van der Waals surface area contributed by atoms with Gasteiger partial charge in [-0.2, -0.15) is 0 Å². The number of esters is 4. The lowest BCUT2D eigenvalue weighted by atomic mass is 9.76. The van der Waals surface area contributed by atoms with Crippen LogP contribution in [0, 0.1) is 0 Å². The Morgan fingerprint density at radius 3 is 1.64 bits per heavy atom. The summed E-state index contributed by atoms with van der Waals surface area (Å²) in [7, 11) is 3.96. The smallest absolute Gasteiger partial charge is 0.337 e. The molecule has 0 spiro atoms. The number of amides is 1. The van der Waals surface area contributed by atoms with Crippen molar-refractivity contribution in [1.82, 2.24) is 0 Å². The minimum Gasteiger partial charge on any atom is -0.466 e. The summed E-state index contributed by atoms with van der Waals surface area (Å²) in [5.74, 6) is -6.43. The molecule has 0 bridgehead atoms. The Kier molecular flexibility index (Phi) is 7.49. The summed E-state index contributed by atoms with van der Waals surface area (Å²) in [5, 5.41) is 0. The highest BCUT2D eigenvalue weighted by molar-refractivity contribution is 6.30. The van der Waals surface area contributed by atoms with Gasteiger partial charge in [0.25, 0.3) is 0 Å². The largest absolute Gasteiger partial charge is 0.466 e. The van der Waals surface area contributed by atoms with Gasteiger partial charge in [0.05, 0.1) is 45.3 Å². The maximum atomic E-state index is 13.9. The molecule has 1 aliphatic rings. The molecular formula is C22H21NO10. The Labute approximate surface area is 188 Å². The molecule has 1 amide bonds. The van der Waals surface area contributed by atoms with Gasteiger partial charge in [-0.05, 0) is 12.1 Å². The first kappa shape index (κ1) is 25.0. The minimum absolute atomic E-state index is 0.0225. The number of ketones is 1. The number of carbonyl (C=O) groups is 6. The van der Waals surface area contributed by atoms with Crippen molar-refractivity contribution in [3.8, 4) is 0 Å². The van der Waals surface area contributed by atoms with Crippen molar-refractivity contribution in [1.29, 1.82) is 0 Å². The third-order valence-corrected chi connectivity index (χ3v) is 4.89. The second-order valence-corrected chi connectivity index (χ2v) is 6.56. The van der Waals surface area contributed by atoms with Gasteiger partial charge in [0, 0.05) is 24.6 Å². The van der Waals surface area contributed by atoms with Gasteiger partial charge in [-0.1, -0.05) is 12.1 Å². The molecule has 0 N–H and O–H groups in total. The van der Waals surface area contributed by atoms with Crippen LogP contribution in [0.5, 0.6) is 0 Å². The zero-order chi connectivity index (χ0) is 24.9. The molecule has 1 aromatic carbocycles. The normalized spacial score (nSPS) is 17.7. The molecule has 1 aromatic rings. The number of para-hydroxylation sites is 1. The number of methoxy groups -OCH3 is 4. The highest BCUT2D eigenvalue weighted by Gasteiger charge is 2.62. The first-order valence-electron chi connectivity index (χ1n) is 9.33. The average Bonchev–Trinajstić information content (AvgIpc) is 3.08. The highest BCUT2D eigenvalue weighted by atomic mass is 16.5. The predicted molar refractivity (Wildman–Crippen MR) is 111 cm³/mol. The van der Waals surface area contributed by atoms with E-state index in [1.165, 1.54) is 24.3 Å². The Bertz CT molecular complexity index is 1050. The van der Waals surface area contributed by atoms with E-state index in [-0.39, 0.29) is 11.3 Å². The Morgan fingerprint density at radius 2 is 1.24 bits per heavy atom. The number of nitrogens with zero attached hydrogens (tertiary/aromatic N) is 1. The van der Waals surface area contributed by atoms with Crippen LogP contribution in [0.4, 0.5) is 5.69 Å². The molecule has 0 radical (unpaired) electrons. The summed E-state index contributed by atoms with van der Waals surface area (Å²) in [6.45, 7) is 1.07. The van der Waals surface area contributed by atoms with Crippen LogP contribution in [0.2, 0.25) is 0 Å². The molecule has 0 fully saturated rings. The van der Waals surface area contributed by atoms with Gasteiger partial charge in [0.15, 0.2) is 5.54 Å². The van der Waals surface area contributed by atoms with Crippen molar-refractivity contribution in [3.05, 3.63) is 53.1 Å². The molecule has 1 aliphatic heterocycles. The van der Waals surface area contributed by atoms with Crippen LogP contribution in [0.1, 0.15) is 17.3 Å². The summed E-state index contributed by atoms with van der Waals surface area (Å²) < 4.78 is 18.7. The van der Waals surface area contributed by atoms with Gasteiger partial charge < -0.3 is 18.9 Å². The van der Waals surface area contributed by atoms with Crippen LogP contribution in [0.15, 0.2) is 47.6 Å². The van der Waals surface area contributed by atoms with Gasteiger partial charge in [0.1, 0.15) is 0 Å². The van der Waals surface area contributed by atoms with E-state index in [2.05, 4.69) is 9.47 Å². The Hall–Kier alpha value is -4.28. The first-order chi connectivity index (χ1) is 15.6. The zero-order valence-electron chi connectivity index (χ0n) is 18.5. The monoisotopic (exact) mass is 459 g/mol. The van der Waals surface area contributed by atoms with Crippen molar-refractivity contribution < 1.29 is 47.7 Å². The van der Waals surface area contributed by atoms with Crippen molar-refractivity contribution in [2.45, 2.75) is 12.5 Å². The predicted octanol–water partition coefficient (Wildman–Crippen LogP) is 0.519. The van der Waals surface area contributed by atoms with Crippen molar-refractivity contribution in [2.24, 2.45) is 0 Å². The molecule has 33 heavy (non-hydrogen) atoms. The van der Waals surface area contributed by atoms with Crippen LogP contribution in [0.3, 0.4) is 0 Å². The zero-order valence-corrected chi connectivity index (χ0v) is 18.5. The topological polar surface area (TPSA) is 143 Å². The second kappa shape index (κ2) is 9.90. The van der Waals surface area contributed by atoms with E-state index < -0.39 is 52.3 Å². The van der Waals surface area contributed by atoms with E-state index >= 15 is 0 Å². The maximum absolute atomic E-state index is 13.9. The molecule has 0 saturated heterocycles. The lowest BCUT2D eigenvalue weighted by Crippen LogP contribution is -2.59. The molecule has 174 valence electrons. The molecule has 11 heteroatoms. The number of hydrogen-bond donors (Lipinski definition) is 0. The number of Topliss-reactive ketones (excluding diaryl/α,β-unsaturated/α-hetero) is 1. The van der Waals surface area contributed by atoms with Gasteiger partial charge in [-0.25, -0.2) is 19.2 Å². The lowest BCUT2D eigenvalue weighted by Gasteiger charge is -2.38. The number of ether oxygens (including phenoxy) is 4. The molecule has 2 rings (SSSR count). The fourth-order valence-corrected chi connectivity index (χ4v) is 3.57. The van der Waals surface area contributed by atoms with Crippen LogP contribution in [-0.4, -0.2) is 69.5 Å². The van der Waals surface area contributed by atoms with E-state index in [0.29, 0.717) is 12.2 Å². The summed E-state index contributed by atoms with van der Waals surface area (Å²) in [5.41, 5.74) is -4.19. The molecular weight excluding hydrogens is 438 g/mol. The molecule has 11 nitrogen and oxygen atoms in total. The standard InChI is InChI=1S/C22H21NO10/c1-12(24)23-16-9-7-6-8-13(16)19(27)22(23,14(20(28)32-4)10-17(25)30-2)15(21(29)33-5)11-18(26)31-3/h6-11H,1-5H3. The maximum Gasteiger partial charge on any atom is 0.337 e. The summed E-state index contributed by atoms with van der Waals surface area (Å²) in [6.07, 6.45) is 1.22. The van der Waals surface area contributed by atoms with Crippen molar-refractivity contribution in [2.75, 3.05) is 33.3 Å². The quantitative estimate of drug-likeness (QED) is 0.336. The second-order valence-electron chi connectivity index (χ2n) is 6.56. The molecule has 0 aliphatic carbocycles. The van der Waals surface area contributed by atoms with E-state index in [0.717, 1.165) is 40.3 Å². The van der Waals surface area contributed by atoms with Gasteiger partial charge in [0.2, 0.25) is 11.7 Å². The summed E-state index contributed by atoms with van der Waals surface area (Å²) in [4.78, 5) is 77.8. The number of rotatable bonds is 6. The van der Waals surface area contributed by atoms with Crippen LogP contribution in [0.25, 0.3) is 0 Å². The van der Waals surface area contributed by atoms with E-state index in [1.807, 2.05) is 0 Å². The summed E-state index contributed by atoms with van der Waals surface area (Å²) >= 11 is 0. The SMILES string of the molecule is COC(=O)C=C(C(=O)OC)C1(C(=CC(=O)OC)C(=O)OC)C(=O)c2ccccc2N1C(C)=O. The first-order valence-corrected chi connectivity index (χ1v) is 9.33. The van der Waals surface area contributed by atoms with Gasteiger partial charge in [-0.15, -0.1) is 0 Å². The molecule has 0 atom stereocenters. The van der Waals surface area contributed by atoms with Gasteiger partial charge in [-0.3, -0.25) is 14.5 Å². The van der Waals surface area contributed by atoms with Crippen LogP contribution in [-0.2, 0) is 42.9 Å². The average molecular weight is 459 g/mol. The third kappa shape index (κ3) is 4.12. The van der Waals surface area contributed by atoms with Crippen LogP contribution >= 0.6 is 0 Å².